The first kappa shape index (κ1) is 16.8. The van der Waals surface area contributed by atoms with E-state index < -0.39 is 0 Å². The van der Waals surface area contributed by atoms with E-state index in [4.69, 9.17) is 11.6 Å². The normalized spacial score (nSPS) is 10.7. The molecule has 1 aromatic carbocycles. The van der Waals surface area contributed by atoms with Crippen LogP contribution in [0.25, 0.3) is 0 Å². The van der Waals surface area contributed by atoms with Crippen LogP contribution in [0.5, 0.6) is 0 Å². The van der Waals surface area contributed by atoms with E-state index in [9.17, 15) is 4.79 Å². The van der Waals surface area contributed by atoms with Crippen molar-refractivity contribution in [1.82, 2.24) is 5.32 Å². The molecule has 5 heteroatoms. The van der Waals surface area contributed by atoms with Crippen LogP contribution in [-0.4, -0.2) is 32.6 Å². The van der Waals surface area contributed by atoms with E-state index in [1.165, 1.54) is 0 Å². The molecule has 0 atom stereocenters. The molecule has 0 aliphatic rings. The Balaban J connectivity index is 2.56. The Labute approximate surface area is 126 Å². The van der Waals surface area contributed by atoms with Crippen LogP contribution in [0.4, 0.5) is 11.4 Å². The van der Waals surface area contributed by atoms with Gasteiger partial charge < -0.3 is 15.5 Å². The number of anilines is 2. The highest BCUT2D eigenvalue weighted by molar-refractivity contribution is 6.34. The molecule has 0 fully saturated rings. The van der Waals surface area contributed by atoms with Crippen molar-refractivity contribution in [2.45, 2.75) is 32.7 Å². The quantitative estimate of drug-likeness (QED) is 0.760. The van der Waals surface area contributed by atoms with Crippen LogP contribution in [0.1, 0.15) is 26.7 Å². The Kier molecular flexibility index (Phi) is 6.82. The molecule has 0 spiro atoms. The van der Waals surface area contributed by atoms with Gasteiger partial charge in [-0.2, -0.15) is 0 Å². The predicted molar refractivity (Wildman–Crippen MR) is 86.8 cm³/mol. The number of hydrogen-bond acceptors (Lipinski definition) is 3. The van der Waals surface area contributed by atoms with E-state index in [2.05, 4.69) is 24.5 Å². The molecule has 0 aliphatic heterocycles. The summed E-state index contributed by atoms with van der Waals surface area (Å²) >= 11 is 6.17. The predicted octanol–water partition coefficient (Wildman–Crippen LogP) is 3.12. The largest absolute Gasteiger partial charge is 0.375 e. The summed E-state index contributed by atoms with van der Waals surface area (Å²) in [7, 11) is 3.81. The second-order valence-corrected chi connectivity index (χ2v) is 5.70. The third-order valence-electron chi connectivity index (χ3n) is 2.84. The van der Waals surface area contributed by atoms with Crippen molar-refractivity contribution >= 4 is 28.9 Å². The average molecular weight is 298 g/mol. The summed E-state index contributed by atoms with van der Waals surface area (Å²) in [5.74, 6) is 0.0147. The summed E-state index contributed by atoms with van der Waals surface area (Å²) in [6.45, 7) is 5.03. The van der Waals surface area contributed by atoms with Crippen molar-refractivity contribution in [1.29, 1.82) is 0 Å². The minimum Gasteiger partial charge on any atom is -0.375 e. The van der Waals surface area contributed by atoms with Gasteiger partial charge in [-0.3, -0.25) is 4.79 Å². The van der Waals surface area contributed by atoms with Crippen molar-refractivity contribution < 1.29 is 4.79 Å². The molecule has 0 aliphatic carbocycles. The van der Waals surface area contributed by atoms with Crippen LogP contribution in [0.2, 0.25) is 5.02 Å². The lowest BCUT2D eigenvalue weighted by atomic mass is 10.2. The molecule has 0 heterocycles. The van der Waals surface area contributed by atoms with Gasteiger partial charge in [-0.15, -0.1) is 0 Å². The SMILES string of the molecule is CC(C)NCCCC(=O)Nc1cccc(Cl)c1N(C)C. The van der Waals surface area contributed by atoms with E-state index in [-0.39, 0.29) is 5.91 Å². The Hall–Kier alpha value is -1.26. The fourth-order valence-electron chi connectivity index (χ4n) is 1.92. The molecule has 20 heavy (non-hydrogen) atoms. The van der Waals surface area contributed by atoms with Gasteiger partial charge in [0.1, 0.15) is 0 Å². The Morgan fingerprint density at radius 2 is 2.05 bits per heavy atom. The maximum absolute atomic E-state index is 11.9. The van der Waals surface area contributed by atoms with Crippen LogP contribution < -0.4 is 15.5 Å². The Morgan fingerprint density at radius 3 is 2.65 bits per heavy atom. The van der Waals surface area contributed by atoms with Gasteiger partial charge in [-0.1, -0.05) is 31.5 Å². The number of nitrogens with one attached hydrogen (secondary N) is 2. The summed E-state index contributed by atoms with van der Waals surface area (Å²) in [6.07, 6.45) is 1.32. The highest BCUT2D eigenvalue weighted by atomic mass is 35.5. The number of benzene rings is 1. The van der Waals surface area contributed by atoms with Crippen molar-refractivity contribution in [3.63, 3.8) is 0 Å². The first-order valence-corrected chi connectivity index (χ1v) is 7.28. The highest BCUT2D eigenvalue weighted by Crippen LogP contribution is 2.32. The van der Waals surface area contributed by atoms with Gasteiger partial charge in [0.05, 0.1) is 16.4 Å². The van der Waals surface area contributed by atoms with Crippen LogP contribution in [0, 0.1) is 0 Å². The number of hydrogen-bond donors (Lipinski definition) is 2. The maximum Gasteiger partial charge on any atom is 0.224 e. The monoisotopic (exact) mass is 297 g/mol. The number of nitrogens with zero attached hydrogens (tertiary/aromatic N) is 1. The number of para-hydroxylation sites is 1. The smallest absolute Gasteiger partial charge is 0.224 e. The number of carbonyl (C=O) groups excluding carboxylic acids is 1. The molecule has 0 unspecified atom stereocenters. The van der Waals surface area contributed by atoms with E-state index in [0.717, 1.165) is 24.3 Å². The molecule has 0 saturated heterocycles. The number of halogens is 1. The van der Waals surface area contributed by atoms with Crippen LogP contribution in [-0.2, 0) is 4.79 Å². The molecule has 1 aromatic rings. The zero-order valence-corrected chi connectivity index (χ0v) is 13.4. The Morgan fingerprint density at radius 1 is 1.35 bits per heavy atom. The van der Waals surface area contributed by atoms with Crippen molar-refractivity contribution in [2.75, 3.05) is 30.9 Å². The first-order chi connectivity index (χ1) is 9.41. The standard InChI is InChI=1S/C15H24ClN3O/c1-11(2)17-10-6-9-14(20)18-13-8-5-7-12(16)15(13)19(3)4/h5,7-8,11,17H,6,9-10H2,1-4H3,(H,18,20). The van der Waals surface area contributed by atoms with E-state index in [1.54, 1.807) is 0 Å². The molecule has 0 bridgehead atoms. The van der Waals surface area contributed by atoms with E-state index in [1.807, 2.05) is 37.2 Å². The summed E-state index contributed by atoms with van der Waals surface area (Å²) in [4.78, 5) is 13.8. The van der Waals surface area contributed by atoms with Gasteiger partial charge in [-0.05, 0) is 25.1 Å². The number of amides is 1. The van der Waals surface area contributed by atoms with Crippen molar-refractivity contribution in [3.05, 3.63) is 23.2 Å². The van der Waals surface area contributed by atoms with Gasteiger partial charge in [-0.25, -0.2) is 0 Å². The van der Waals surface area contributed by atoms with Crippen molar-refractivity contribution in [2.24, 2.45) is 0 Å². The second-order valence-electron chi connectivity index (χ2n) is 5.29. The minimum atomic E-state index is 0.0147. The summed E-state index contributed by atoms with van der Waals surface area (Å²) in [5, 5.41) is 6.86. The lowest BCUT2D eigenvalue weighted by Crippen LogP contribution is -2.25. The molecule has 112 valence electrons. The molecule has 1 rings (SSSR count). The molecular formula is C15H24ClN3O. The fourth-order valence-corrected chi connectivity index (χ4v) is 2.27. The molecule has 2 N–H and O–H groups in total. The zero-order valence-electron chi connectivity index (χ0n) is 12.7. The summed E-state index contributed by atoms with van der Waals surface area (Å²) in [5.41, 5.74) is 1.59. The first-order valence-electron chi connectivity index (χ1n) is 6.91. The van der Waals surface area contributed by atoms with Crippen LogP contribution >= 0.6 is 11.6 Å². The van der Waals surface area contributed by atoms with Gasteiger partial charge in [0.15, 0.2) is 0 Å². The van der Waals surface area contributed by atoms with Gasteiger partial charge in [0.2, 0.25) is 5.91 Å². The zero-order chi connectivity index (χ0) is 15.1. The number of rotatable bonds is 7. The summed E-state index contributed by atoms with van der Waals surface area (Å²) < 4.78 is 0. The van der Waals surface area contributed by atoms with Crippen LogP contribution in [0.3, 0.4) is 0 Å². The topological polar surface area (TPSA) is 44.4 Å². The summed E-state index contributed by atoms with van der Waals surface area (Å²) in [6, 6.07) is 5.97. The van der Waals surface area contributed by atoms with Crippen molar-refractivity contribution in [3.8, 4) is 0 Å². The Bertz CT molecular complexity index is 447. The molecule has 0 aromatic heterocycles. The van der Waals surface area contributed by atoms with Gasteiger partial charge >= 0.3 is 0 Å². The lowest BCUT2D eigenvalue weighted by molar-refractivity contribution is -0.116. The average Bonchev–Trinajstić information content (AvgIpc) is 2.34. The lowest BCUT2D eigenvalue weighted by Gasteiger charge is -2.19. The molecule has 4 nitrogen and oxygen atoms in total. The number of carbonyl (C=O) groups is 1. The van der Waals surface area contributed by atoms with E-state index in [0.29, 0.717) is 17.5 Å². The van der Waals surface area contributed by atoms with Gasteiger partial charge in [0, 0.05) is 26.6 Å². The minimum absolute atomic E-state index is 0.0147. The van der Waals surface area contributed by atoms with Gasteiger partial charge in [0.25, 0.3) is 0 Å². The third-order valence-corrected chi connectivity index (χ3v) is 3.15. The maximum atomic E-state index is 11.9. The fraction of sp³-hybridized carbons (Fsp3) is 0.533. The van der Waals surface area contributed by atoms with Crippen LogP contribution in [0.15, 0.2) is 18.2 Å². The molecular weight excluding hydrogens is 274 g/mol. The molecule has 1 amide bonds. The highest BCUT2D eigenvalue weighted by Gasteiger charge is 2.11. The second kappa shape index (κ2) is 8.12. The third kappa shape index (κ3) is 5.39. The molecule has 0 radical (unpaired) electrons. The van der Waals surface area contributed by atoms with E-state index >= 15 is 0 Å². The molecule has 0 saturated carbocycles.